The maximum atomic E-state index is 13.4. The zero-order chi connectivity index (χ0) is 26.2. The summed E-state index contributed by atoms with van der Waals surface area (Å²) in [6, 6.07) is 29.9. The molecule has 0 aliphatic heterocycles. The second kappa shape index (κ2) is 12.8. The van der Waals surface area contributed by atoms with Gasteiger partial charge in [0.25, 0.3) is 0 Å². The number of carbonyl (C=O) groups is 1. The average molecular weight is 569 g/mol. The van der Waals surface area contributed by atoms with Gasteiger partial charge in [-0.1, -0.05) is 77.8 Å². The van der Waals surface area contributed by atoms with Gasteiger partial charge in [-0.25, -0.2) is 0 Å². The fourth-order valence-electron chi connectivity index (χ4n) is 3.52. The molecule has 0 saturated heterocycles. The number of ether oxygens (including phenoxy) is 1. The first kappa shape index (κ1) is 26.8. The fraction of sp³-hybridized carbons (Fsp3) is 0.0714. The normalized spacial score (nSPS) is 11.3. The van der Waals surface area contributed by atoms with Crippen LogP contribution in [0, 0.1) is 0 Å². The number of benzene rings is 4. The highest BCUT2D eigenvalue weighted by atomic mass is 35.5. The van der Waals surface area contributed by atoms with Gasteiger partial charge in [-0.15, -0.1) is 11.8 Å². The summed E-state index contributed by atoms with van der Waals surface area (Å²) in [6.45, 7) is 0. The van der Waals surface area contributed by atoms with Crippen LogP contribution >= 0.6 is 47.2 Å². The van der Waals surface area contributed by atoms with Crippen LogP contribution < -0.4 is 20.7 Å². The van der Waals surface area contributed by atoms with E-state index in [-0.39, 0.29) is 5.91 Å². The number of anilines is 3. The molecule has 4 aromatic rings. The molecule has 0 saturated carbocycles. The molecule has 9 heteroatoms. The van der Waals surface area contributed by atoms with Crippen LogP contribution in [-0.2, 0) is 4.79 Å². The number of thiocarbonyl (C=S) groups is 1. The lowest BCUT2D eigenvalue weighted by Gasteiger charge is -2.19. The highest BCUT2D eigenvalue weighted by Gasteiger charge is 2.23. The Balaban J connectivity index is 1.51. The Morgan fingerprint density at radius 2 is 1.54 bits per heavy atom. The number of rotatable bonds is 8. The number of halogens is 2. The molecule has 188 valence electrons. The lowest BCUT2D eigenvalue weighted by atomic mass is 10.1. The summed E-state index contributed by atoms with van der Waals surface area (Å²) in [6.07, 6.45) is 0. The van der Waals surface area contributed by atoms with Gasteiger partial charge in [-0.2, -0.15) is 0 Å². The molecule has 0 radical (unpaired) electrons. The first-order chi connectivity index (χ1) is 17.9. The number of thioether (sulfide) groups is 1. The number of amides is 1. The molecule has 5 nitrogen and oxygen atoms in total. The molecular weight excluding hydrogens is 545 g/mol. The Kier molecular flexibility index (Phi) is 9.30. The number of methoxy groups -OCH3 is 1. The molecule has 0 heterocycles. The molecular formula is C28H23Cl2N3O2S2. The van der Waals surface area contributed by atoms with Gasteiger partial charge >= 0.3 is 0 Å². The van der Waals surface area contributed by atoms with Gasteiger partial charge < -0.3 is 20.7 Å². The second-order valence-electron chi connectivity index (χ2n) is 7.81. The number of carbonyl (C=O) groups excluding carboxylic acids is 1. The number of hydrogen-bond acceptors (Lipinski definition) is 4. The number of nitrogens with one attached hydrogen (secondary N) is 3. The maximum absolute atomic E-state index is 13.4. The van der Waals surface area contributed by atoms with Crippen LogP contribution in [0.2, 0.25) is 10.0 Å². The van der Waals surface area contributed by atoms with E-state index < -0.39 is 5.25 Å². The smallest absolute Gasteiger partial charge is 0.242 e. The molecule has 1 unspecified atom stereocenters. The Morgan fingerprint density at radius 1 is 0.838 bits per heavy atom. The summed E-state index contributed by atoms with van der Waals surface area (Å²) in [5, 5.41) is 9.83. The second-order valence-corrected chi connectivity index (χ2v) is 10.2. The number of hydrogen-bond donors (Lipinski definition) is 3. The van der Waals surface area contributed by atoms with Crippen molar-refractivity contribution in [2.75, 3.05) is 23.1 Å². The minimum Gasteiger partial charge on any atom is -0.495 e. The van der Waals surface area contributed by atoms with Crippen molar-refractivity contribution in [3.8, 4) is 5.75 Å². The van der Waals surface area contributed by atoms with Crippen LogP contribution in [0.1, 0.15) is 10.8 Å². The van der Waals surface area contributed by atoms with Crippen molar-refractivity contribution < 1.29 is 9.53 Å². The van der Waals surface area contributed by atoms with E-state index in [9.17, 15) is 4.79 Å². The van der Waals surface area contributed by atoms with Gasteiger partial charge in [0.1, 0.15) is 11.0 Å². The van der Waals surface area contributed by atoms with Gasteiger partial charge in [0, 0.05) is 10.6 Å². The molecule has 0 aliphatic carbocycles. The van der Waals surface area contributed by atoms with Crippen LogP contribution in [-0.4, -0.2) is 18.1 Å². The highest BCUT2D eigenvalue weighted by Crippen LogP contribution is 2.38. The van der Waals surface area contributed by atoms with Crippen molar-refractivity contribution in [1.82, 2.24) is 0 Å². The van der Waals surface area contributed by atoms with Crippen molar-refractivity contribution in [2.24, 2.45) is 0 Å². The Morgan fingerprint density at radius 3 is 2.32 bits per heavy atom. The first-order valence-corrected chi connectivity index (χ1v) is 13.3. The molecule has 37 heavy (non-hydrogen) atoms. The number of para-hydroxylation sites is 2. The fourth-order valence-corrected chi connectivity index (χ4v) is 5.17. The van der Waals surface area contributed by atoms with Crippen LogP contribution in [0.4, 0.5) is 17.1 Å². The van der Waals surface area contributed by atoms with Crippen LogP contribution in [0.25, 0.3) is 0 Å². The van der Waals surface area contributed by atoms with Crippen molar-refractivity contribution in [3.63, 3.8) is 0 Å². The first-order valence-electron chi connectivity index (χ1n) is 11.2. The summed E-state index contributed by atoms with van der Waals surface area (Å²) in [5.41, 5.74) is 2.86. The predicted molar refractivity (Wildman–Crippen MR) is 159 cm³/mol. The van der Waals surface area contributed by atoms with Crippen LogP contribution in [0.15, 0.2) is 102 Å². The molecule has 3 N–H and O–H groups in total. The van der Waals surface area contributed by atoms with E-state index in [4.69, 9.17) is 40.2 Å². The third kappa shape index (κ3) is 7.17. The Hall–Kier alpha value is -3.23. The van der Waals surface area contributed by atoms with E-state index in [1.54, 1.807) is 25.3 Å². The topological polar surface area (TPSA) is 62.4 Å². The molecule has 1 atom stereocenters. The average Bonchev–Trinajstić information content (AvgIpc) is 2.91. The zero-order valence-electron chi connectivity index (χ0n) is 19.7. The van der Waals surface area contributed by atoms with E-state index in [1.807, 2.05) is 78.9 Å². The van der Waals surface area contributed by atoms with E-state index in [1.165, 1.54) is 11.8 Å². The van der Waals surface area contributed by atoms with E-state index >= 15 is 0 Å². The van der Waals surface area contributed by atoms with E-state index in [0.29, 0.717) is 26.6 Å². The van der Waals surface area contributed by atoms with Crippen LogP contribution in [0.3, 0.4) is 0 Å². The zero-order valence-corrected chi connectivity index (χ0v) is 22.8. The van der Waals surface area contributed by atoms with Gasteiger partial charge in [-0.05, 0) is 60.2 Å². The maximum Gasteiger partial charge on any atom is 0.242 e. The Labute approximate surface area is 235 Å². The molecule has 4 aromatic carbocycles. The lowest BCUT2D eigenvalue weighted by Crippen LogP contribution is -2.20. The summed E-state index contributed by atoms with van der Waals surface area (Å²) in [4.78, 5) is 14.3. The third-order valence-corrected chi connectivity index (χ3v) is 7.52. The molecule has 1 amide bonds. The van der Waals surface area contributed by atoms with Gasteiger partial charge in [0.05, 0.1) is 28.5 Å². The Bertz CT molecular complexity index is 1400. The molecule has 0 fully saturated rings. The summed E-state index contributed by atoms with van der Waals surface area (Å²) < 4.78 is 5.37. The van der Waals surface area contributed by atoms with Gasteiger partial charge in [0.15, 0.2) is 5.11 Å². The van der Waals surface area contributed by atoms with Crippen molar-refractivity contribution in [2.45, 2.75) is 10.1 Å². The van der Waals surface area contributed by atoms with Gasteiger partial charge in [-0.3, -0.25) is 4.79 Å². The van der Waals surface area contributed by atoms with Crippen LogP contribution in [0.5, 0.6) is 5.75 Å². The quantitative estimate of drug-likeness (QED) is 0.147. The lowest BCUT2D eigenvalue weighted by molar-refractivity contribution is -0.115. The summed E-state index contributed by atoms with van der Waals surface area (Å²) >= 11 is 19.4. The van der Waals surface area contributed by atoms with Gasteiger partial charge in [0.2, 0.25) is 5.91 Å². The molecule has 0 aromatic heterocycles. The minimum absolute atomic E-state index is 0.216. The minimum atomic E-state index is -0.537. The van der Waals surface area contributed by atoms with Crippen molar-refractivity contribution in [1.29, 1.82) is 0 Å². The molecule has 0 bridgehead atoms. The van der Waals surface area contributed by atoms with E-state index in [2.05, 4.69) is 16.0 Å². The van der Waals surface area contributed by atoms with Crippen molar-refractivity contribution in [3.05, 3.63) is 113 Å². The molecule has 4 rings (SSSR count). The highest BCUT2D eigenvalue weighted by molar-refractivity contribution is 8.00. The summed E-state index contributed by atoms with van der Waals surface area (Å²) in [5.74, 6) is 0.472. The summed E-state index contributed by atoms with van der Waals surface area (Å²) in [7, 11) is 1.61. The van der Waals surface area contributed by atoms with E-state index in [0.717, 1.165) is 21.8 Å². The molecule has 0 spiro atoms. The van der Waals surface area contributed by atoms with Crippen molar-refractivity contribution >= 4 is 75.3 Å². The standard InChI is InChI=1S/C28H23Cl2N3O2S2/c1-35-24-16-6-5-14-22(24)33-28(36)31-19-11-7-12-20(17-19)37-26(18-9-3-2-4-10-18)27(34)32-23-15-8-13-21(29)25(23)30/h2-17,26H,1H3,(H,32,34)(H2,31,33,36). The largest absolute Gasteiger partial charge is 0.495 e. The predicted octanol–water partition coefficient (Wildman–Crippen LogP) is 8.28. The third-order valence-electron chi connectivity index (χ3n) is 5.25. The molecule has 0 aliphatic rings. The SMILES string of the molecule is COc1ccccc1NC(=S)Nc1cccc(SC(C(=O)Nc2cccc(Cl)c2Cl)c2ccccc2)c1. The monoisotopic (exact) mass is 567 g/mol.